The lowest BCUT2D eigenvalue weighted by Gasteiger charge is -2.17. The standard InChI is InChI=1S/C11H11Br2N3O/c1-7-3-9(15-17-7)6-16(2)11-10(13)4-8(12)5-14-11/h3-5H,6H2,1-2H3. The van der Waals surface area contributed by atoms with E-state index in [4.69, 9.17) is 4.52 Å². The van der Waals surface area contributed by atoms with Gasteiger partial charge in [0.2, 0.25) is 0 Å². The van der Waals surface area contributed by atoms with Crippen LogP contribution >= 0.6 is 31.9 Å². The van der Waals surface area contributed by atoms with Gasteiger partial charge >= 0.3 is 0 Å². The van der Waals surface area contributed by atoms with E-state index in [-0.39, 0.29) is 0 Å². The Kier molecular flexibility index (Phi) is 3.83. The average molecular weight is 361 g/mol. The summed E-state index contributed by atoms with van der Waals surface area (Å²) >= 11 is 6.87. The molecule has 0 unspecified atom stereocenters. The molecule has 2 rings (SSSR count). The number of pyridine rings is 1. The Labute approximate surface area is 116 Å². The number of nitrogens with zero attached hydrogens (tertiary/aromatic N) is 3. The van der Waals surface area contributed by atoms with Crippen LogP contribution in [0.4, 0.5) is 5.82 Å². The molecule has 0 aliphatic heterocycles. The van der Waals surface area contributed by atoms with Crippen LogP contribution in [0.1, 0.15) is 11.5 Å². The highest BCUT2D eigenvalue weighted by molar-refractivity contribution is 9.11. The van der Waals surface area contributed by atoms with Crippen LogP contribution in [-0.4, -0.2) is 17.2 Å². The van der Waals surface area contributed by atoms with E-state index < -0.39 is 0 Å². The molecule has 2 aromatic heterocycles. The van der Waals surface area contributed by atoms with Crippen LogP contribution in [0.15, 0.2) is 31.8 Å². The topological polar surface area (TPSA) is 42.2 Å². The molecule has 0 aromatic carbocycles. The van der Waals surface area contributed by atoms with Gasteiger partial charge in [-0.3, -0.25) is 0 Å². The maximum atomic E-state index is 5.03. The molecular formula is C11H11Br2N3O. The molecular weight excluding hydrogens is 350 g/mol. The lowest BCUT2D eigenvalue weighted by atomic mass is 10.3. The lowest BCUT2D eigenvalue weighted by Crippen LogP contribution is -2.18. The first kappa shape index (κ1) is 12.6. The van der Waals surface area contributed by atoms with Gasteiger partial charge in [0, 0.05) is 23.8 Å². The maximum absolute atomic E-state index is 5.03. The normalized spacial score (nSPS) is 10.6. The summed E-state index contributed by atoms with van der Waals surface area (Å²) in [4.78, 5) is 6.36. The van der Waals surface area contributed by atoms with Crippen LogP contribution in [0.25, 0.3) is 0 Å². The molecule has 4 nitrogen and oxygen atoms in total. The van der Waals surface area contributed by atoms with Gasteiger partial charge in [-0.2, -0.15) is 0 Å². The Hall–Kier alpha value is -0.880. The largest absolute Gasteiger partial charge is 0.361 e. The maximum Gasteiger partial charge on any atom is 0.143 e. The third-order valence-corrected chi connectivity index (χ3v) is 3.24. The highest BCUT2D eigenvalue weighted by Crippen LogP contribution is 2.26. The third kappa shape index (κ3) is 3.07. The first-order chi connectivity index (χ1) is 8.06. The van der Waals surface area contributed by atoms with E-state index in [0.29, 0.717) is 6.54 Å². The Morgan fingerprint density at radius 1 is 1.35 bits per heavy atom. The predicted octanol–water partition coefficient (Wildman–Crippen LogP) is 3.54. The van der Waals surface area contributed by atoms with Crippen molar-refractivity contribution in [3.8, 4) is 0 Å². The van der Waals surface area contributed by atoms with Crippen molar-refractivity contribution in [3.63, 3.8) is 0 Å². The number of anilines is 1. The van der Waals surface area contributed by atoms with E-state index in [1.54, 1.807) is 6.20 Å². The molecule has 0 spiro atoms. The average Bonchev–Trinajstić information content (AvgIpc) is 2.63. The van der Waals surface area contributed by atoms with E-state index in [2.05, 4.69) is 42.0 Å². The Morgan fingerprint density at radius 2 is 2.12 bits per heavy atom. The molecule has 0 bridgehead atoms. The van der Waals surface area contributed by atoms with Gasteiger partial charge in [0.25, 0.3) is 0 Å². The lowest BCUT2D eigenvalue weighted by molar-refractivity contribution is 0.390. The van der Waals surface area contributed by atoms with Crippen molar-refractivity contribution in [1.29, 1.82) is 0 Å². The number of rotatable bonds is 3. The molecule has 0 N–H and O–H groups in total. The fourth-order valence-corrected chi connectivity index (χ4v) is 2.79. The molecule has 2 heterocycles. The molecule has 6 heteroatoms. The summed E-state index contributed by atoms with van der Waals surface area (Å²) in [6.07, 6.45) is 1.77. The van der Waals surface area contributed by atoms with E-state index in [1.165, 1.54) is 0 Å². The molecule has 0 amide bonds. The second-order valence-electron chi connectivity index (χ2n) is 3.74. The Balaban J connectivity index is 2.17. The van der Waals surface area contributed by atoms with Gasteiger partial charge in [-0.15, -0.1) is 0 Å². The van der Waals surface area contributed by atoms with E-state index in [1.807, 2.05) is 31.0 Å². The van der Waals surface area contributed by atoms with Gasteiger partial charge in [0.05, 0.1) is 11.0 Å². The van der Waals surface area contributed by atoms with Crippen molar-refractivity contribution >= 4 is 37.7 Å². The van der Waals surface area contributed by atoms with Crippen molar-refractivity contribution in [2.24, 2.45) is 0 Å². The van der Waals surface area contributed by atoms with Crippen LogP contribution in [0.2, 0.25) is 0 Å². The second-order valence-corrected chi connectivity index (χ2v) is 5.51. The van der Waals surface area contributed by atoms with Crippen molar-refractivity contribution in [1.82, 2.24) is 10.1 Å². The van der Waals surface area contributed by atoms with Crippen molar-refractivity contribution in [2.75, 3.05) is 11.9 Å². The smallest absolute Gasteiger partial charge is 0.143 e. The first-order valence-corrected chi connectivity index (χ1v) is 6.59. The monoisotopic (exact) mass is 359 g/mol. The Morgan fingerprint density at radius 3 is 2.71 bits per heavy atom. The van der Waals surface area contributed by atoms with Gasteiger partial charge in [-0.05, 0) is 44.8 Å². The SMILES string of the molecule is Cc1cc(CN(C)c2ncc(Br)cc2Br)no1. The third-order valence-electron chi connectivity index (χ3n) is 2.23. The molecule has 0 atom stereocenters. The zero-order chi connectivity index (χ0) is 12.4. The van der Waals surface area contributed by atoms with Crippen molar-refractivity contribution < 1.29 is 4.52 Å². The second kappa shape index (κ2) is 5.18. The summed E-state index contributed by atoms with van der Waals surface area (Å²) in [5, 5.41) is 3.96. The molecule has 0 saturated heterocycles. The molecule has 0 saturated carbocycles. The van der Waals surface area contributed by atoms with Crippen LogP contribution in [-0.2, 0) is 6.54 Å². The summed E-state index contributed by atoms with van der Waals surface area (Å²) in [6.45, 7) is 2.54. The van der Waals surface area contributed by atoms with Gasteiger partial charge in [0.1, 0.15) is 17.3 Å². The number of hydrogen-bond donors (Lipinski definition) is 0. The molecule has 0 radical (unpaired) electrons. The van der Waals surface area contributed by atoms with E-state index in [0.717, 1.165) is 26.2 Å². The highest BCUT2D eigenvalue weighted by Gasteiger charge is 2.10. The molecule has 0 aliphatic carbocycles. The predicted molar refractivity (Wildman–Crippen MR) is 73.0 cm³/mol. The summed E-state index contributed by atoms with van der Waals surface area (Å²) in [6, 6.07) is 3.89. The first-order valence-electron chi connectivity index (χ1n) is 5.00. The number of halogens is 2. The van der Waals surface area contributed by atoms with Gasteiger partial charge in [0.15, 0.2) is 0 Å². The zero-order valence-corrected chi connectivity index (χ0v) is 12.6. The van der Waals surface area contributed by atoms with E-state index >= 15 is 0 Å². The molecule has 90 valence electrons. The highest BCUT2D eigenvalue weighted by atomic mass is 79.9. The Bertz CT molecular complexity index is 527. The summed E-state index contributed by atoms with van der Waals surface area (Å²) in [7, 11) is 1.96. The van der Waals surface area contributed by atoms with Crippen LogP contribution < -0.4 is 4.90 Å². The van der Waals surface area contributed by atoms with Crippen molar-refractivity contribution in [2.45, 2.75) is 13.5 Å². The minimum absolute atomic E-state index is 0.657. The zero-order valence-electron chi connectivity index (χ0n) is 9.44. The molecule has 0 aliphatic rings. The van der Waals surface area contributed by atoms with Crippen LogP contribution in [0.3, 0.4) is 0 Å². The van der Waals surface area contributed by atoms with Gasteiger partial charge < -0.3 is 9.42 Å². The number of aryl methyl sites for hydroxylation is 1. The summed E-state index contributed by atoms with van der Waals surface area (Å²) in [5.74, 6) is 1.69. The molecule has 17 heavy (non-hydrogen) atoms. The number of aromatic nitrogens is 2. The van der Waals surface area contributed by atoms with E-state index in [9.17, 15) is 0 Å². The van der Waals surface area contributed by atoms with Crippen LogP contribution in [0, 0.1) is 6.92 Å². The molecule has 0 fully saturated rings. The summed E-state index contributed by atoms with van der Waals surface area (Å²) < 4.78 is 6.92. The van der Waals surface area contributed by atoms with Gasteiger partial charge in [-0.25, -0.2) is 4.98 Å². The fourth-order valence-electron chi connectivity index (χ4n) is 1.50. The van der Waals surface area contributed by atoms with Crippen molar-refractivity contribution in [3.05, 3.63) is 38.7 Å². The minimum atomic E-state index is 0.657. The van der Waals surface area contributed by atoms with Gasteiger partial charge in [-0.1, -0.05) is 5.16 Å². The fraction of sp³-hybridized carbons (Fsp3) is 0.273. The summed E-state index contributed by atoms with van der Waals surface area (Å²) in [5.41, 5.74) is 0.890. The van der Waals surface area contributed by atoms with Crippen LogP contribution in [0.5, 0.6) is 0 Å². The quantitative estimate of drug-likeness (QED) is 0.839. The number of hydrogen-bond acceptors (Lipinski definition) is 4. The molecule has 2 aromatic rings. The minimum Gasteiger partial charge on any atom is -0.361 e.